The average molecular weight is 396 g/mol. The van der Waals surface area contributed by atoms with Crippen LogP contribution in [-0.2, 0) is 13.1 Å². The number of thiazole rings is 1. The van der Waals surface area contributed by atoms with Gasteiger partial charge in [0, 0.05) is 47.6 Å². The third-order valence-electron chi connectivity index (χ3n) is 4.15. The molecule has 136 valence electrons. The SMILES string of the molecule is Clc1cccc(-c2csc(=Nc3cccnc3)n2CCCn2ccnc2)c1. The molecule has 0 saturated heterocycles. The van der Waals surface area contributed by atoms with Gasteiger partial charge in [0.1, 0.15) is 0 Å². The summed E-state index contributed by atoms with van der Waals surface area (Å²) in [5.74, 6) is 0. The lowest BCUT2D eigenvalue weighted by atomic mass is 10.2. The smallest absolute Gasteiger partial charge is 0.190 e. The van der Waals surface area contributed by atoms with Gasteiger partial charge in [-0.1, -0.05) is 23.7 Å². The van der Waals surface area contributed by atoms with Crippen molar-refractivity contribution in [2.75, 3.05) is 0 Å². The monoisotopic (exact) mass is 395 g/mol. The Morgan fingerprint density at radius 1 is 1.07 bits per heavy atom. The first-order valence-corrected chi connectivity index (χ1v) is 9.90. The number of nitrogens with zero attached hydrogens (tertiary/aromatic N) is 5. The number of imidazole rings is 1. The van der Waals surface area contributed by atoms with Crippen molar-refractivity contribution in [3.63, 3.8) is 0 Å². The molecular weight excluding hydrogens is 378 g/mol. The first kappa shape index (κ1) is 17.7. The number of halogens is 1. The fourth-order valence-electron chi connectivity index (χ4n) is 2.87. The highest BCUT2D eigenvalue weighted by atomic mass is 35.5. The van der Waals surface area contributed by atoms with E-state index in [-0.39, 0.29) is 0 Å². The van der Waals surface area contributed by atoms with Crippen LogP contribution in [0.4, 0.5) is 5.69 Å². The largest absolute Gasteiger partial charge is 0.337 e. The number of hydrogen-bond donors (Lipinski definition) is 0. The summed E-state index contributed by atoms with van der Waals surface area (Å²) in [6.45, 7) is 1.76. The van der Waals surface area contributed by atoms with E-state index in [4.69, 9.17) is 16.6 Å². The molecule has 0 spiro atoms. The summed E-state index contributed by atoms with van der Waals surface area (Å²) < 4.78 is 4.34. The van der Waals surface area contributed by atoms with Crippen molar-refractivity contribution in [1.82, 2.24) is 19.1 Å². The first-order chi connectivity index (χ1) is 13.3. The van der Waals surface area contributed by atoms with Crippen molar-refractivity contribution < 1.29 is 0 Å². The maximum atomic E-state index is 6.21. The van der Waals surface area contributed by atoms with E-state index >= 15 is 0 Å². The van der Waals surface area contributed by atoms with Gasteiger partial charge in [-0.3, -0.25) is 4.98 Å². The summed E-state index contributed by atoms with van der Waals surface area (Å²) in [6, 6.07) is 11.8. The highest BCUT2D eigenvalue weighted by molar-refractivity contribution is 7.07. The summed E-state index contributed by atoms with van der Waals surface area (Å²) in [4.78, 5) is 14.0. The molecule has 0 amide bonds. The van der Waals surface area contributed by atoms with Crippen molar-refractivity contribution in [2.24, 2.45) is 4.99 Å². The van der Waals surface area contributed by atoms with Crippen LogP contribution in [0.15, 0.2) is 77.9 Å². The molecule has 3 aromatic heterocycles. The zero-order chi connectivity index (χ0) is 18.5. The lowest BCUT2D eigenvalue weighted by molar-refractivity contribution is 0.559. The van der Waals surface area contributed by atoms with E-state index in [2.05, 4.69) is 30.5 Å². The maximum Gasteiger partial charge on any atom is 0.190 e. The number of aryl methyl sites for hydroxylation is 1. The van der Waals surface area contributed by atoms with E-state index in [0.717, 1.165) is 46.3 Å². The Bertz CT molecular complexity index is 1070. The minimum atomic E-state index is 0.731. The van der Waals surface area contributed by atoms with Gasteiger partial charge in [-0.15, -0.1) is 11.3 Å². The van der Waals surface area contributed by atoms with Crippen LogP contribution in [0.5, 0.6) is 0 Å². The molecular formula is C20H18ClN5S. The molecule has 0 aliphatic carbocycles. The van der Waals surface area contributed by atoms with Gasteiger partial charge in [0.2, 0.25) is 0 Å². The minimum absolute atomic E-state index is 0.731. The summed E-state index contributed by atoms with van der Waals surface area (Å²) in [5.41, 5.74) is 3.06. The van der Waals surface area contributed by atoms with Crippen LogP contribution in [0.1, 0.15) is 6.42 Å². The van der Waals surface area contributed by atoms with Gasteiger partial charge >= 0.3 is 0 Å². The van der Waals surface area contributed by atoms with Crippen molar-refractivity contribution in [3.8, 4) is 11.3 Å². The van der Waals surface area contributed by atoms with Crippen LogP contribution in [0.3, 0.4) is 0 Å². The molecule has 0 atom stereocenters. The van der Waals surface area contributed by atoms with Gasteiger partial charge in [0.25, 0.3) is 0 Å². The van der Waals surface area contributed by atoms with Crippen LogP contribution in [-0.4, -0.2) is 19.1 Å². The number of rotatable bonds is 6. The van der Waals surface area contributed by atoms with Crippen LogP contribution >= 0.6 is 22.9 Å². The maximum absolute atomic E-state index is 6.21. The molecule has 0 bridgehead atoms. The van der Waals surface area contributed by atoms with E-state index in [9.17, 15) is 0 Å². The normalized spacial score (nSPS) is 11.8. The van der Waals surface area contributed by atoms with Gasteiger partial charge in [-0.25, -0.2) is 9.98 Å². The molecule has 1 aromatic carbocycles. The molecule has 5 nitrogen and oxygen atoms in total. The van der Waals surface area contributed by atoms with Crippen LogP contribution in [0.25, 0.3) is 11.3 Å². The van der Waals surface area contributed by atoms with Crippen LogP contribution in [0, 0.1) is 0 Å². The highest BCUT2D eigenvalue weighted by Gasteiger charge is 2.09. The van der Waals surface area contributed by atoms with E-state index in [0.29, 0.717) is 0 Å². The molecule has 0 unspecified atom stereocenters. The molecule has 0 radical (unpaired) electrons. The van der Waals surface area contributed by atoms with Gasteiger partial charge in [-0.05, 0) is 30.7 Å². The number of aromatic nitrogens is 4. The standard InChI is InChI=1S/C20H18ClN5S/c21-17-5-1-4-16(12-17)19-14-27-20(24-18-6-2-7-22-13-18)26(19)10-3-9-25-11-8-23-15-25/h1-2,4-8,11-15H,3,9-10H2. The molecule has 27 heavy (non-hydrogen) atoms. The molecule has 0 saturated carbocycles. The Hall–Kier alpha value is -2.70. The summed E-state index contributed by atoms with van der Waals surface area (Å²) in [7, 11) is 0. The number of pyridine rings is 1. The molecule has 0 fully saturated rings. The predicted octanol–water partition coefficient (Wildman–Crippen LogP) is 4.78. The topological polar surface area (TPSA) is 48.0 Å². The van der Waals surface area contributed by atoms with Gasteiger partial charge < -0.3 is 9.13 Å². The Morgan fingerprint density at radius 2 is 2.04 bits per heavy atom. The zero-order valence-corrected chi connectivity index (χ0v) is 16.1. The Labute approximate surface area is 166 Å². The van der Waals surface area contributed by atoms with E-state index < -0.39 is 0 Å². The lowest BCUT2D eigenvalue weighted by Gasteiger charge is -2.10. The molecule has 0 aliphatic rings. The molecule has 0 aliphatic heterocycles. The summed E-state index contributed by atoms with van der Waals surface area (Å²) >= 11 is 7.83. The predicted molar refractivity (Wildman–Crippen MR) is 109 cm³/mol. The van der Waals surface area contributed by atoms with Crippen molar-refractivity contribution in [2.45, 2.75) is 19.5 Å². The molecule has 0 N–H and O–H groups in total. The summed E-state index contributed by atoms with van der Waals surface area (Å²) in [5, 5.41) is 2.87. The van der Waals surface area contributed by atoms with Gasteiger partial charge in [0.05, 0.1) is 23.9 Å². The van der Waals surface area contributed by atoms with Crippen molar-refractivity contribution in [3.05, 3.63) is 82.7 Å². The molecule has 7 heteroatoms. The first-order valence-electron chi connectivity index (χ1n) is 8.64. The quantitative estimate of drug-likeness (QED) is 0.471. The third kappa shape index (κ3) is 4.35. The summed E-state index contributed by atoms with van der Waals surface area (Å²) in [6.07, 6.45) is 10.1. The molecule has 4 rings (SSSR count). The Kier molecular flexibility index (Phi) is 5.46. The van der Waals surface area contributed by atoms with Crippen molar-refractivity contribution >= 4 is 28.6 Å². The Balaban J connectivity index is 1.69. The molecule has 3 heterocycles. The zero-order valence-electron chi connectivity index (χ0n) is 14.6. The Morgan fingerprint density at radius 3 is 2.81 bits per heavy atom. The second kappa shape index (κ2) is 8.33. The second-order valence-electron chi connectivity index (χ2n) is 6.04. The van der Waals surface area contributed by atoms with E-state index in [1.165, 1.54) is 0 Å². The highest BCUT2D eigenvalue weighted by Crippen LogP contribution is 2.24. The van der Waals surface area contributed by atoms with E-state index in [1.807, 2.05) is 42.9 Å². The molecule has 4 aromatic rings. The number of hydrogen-bond acceptors (Lipinski definition) is 4. The van der Waals surface area contributed by atoms with Gasteiger partial charge in [-0.2, -0.15) is 0 Å². The van der Waals surface area contributed by atoms with Gasteiger partial charge in [0.15, 0.2) is 4.80 Å². The van der Waals surface area contributed by atoms with Crippen molar-refractivity contribution in [1.29, 1.82) is 0 Å². The van der Waals surface area contributed by atoms with Crippen LogP contribution < -0.4 is 4.80 Å². The fraction of sp³-hybridized carbons (Fsp3) is 0.150. The number of benzene rings is 1. The average Bonchev–Trinajstić information content (AvgIpc) is 3.33. The second-order valence-corrected chi connectivity index (χ2v) is 7.32. The fourth-order valence-corrected chi connectivity index (χ4v) is 4.02. The third-order valence-corrected chi connectivity index (χ3v) is 5.24. The minimum Gasteiger partial charge on any atom is -0.337 e. The van der Waals surface area contributed by atoms with Crippen LogP contribution in [0.2, 0.25) is 5.02 Å². The van der Waals surface area contributed by atoms with E-state index in [1.54, 1.807) is 29.9 Å². The lowest BCUT2D eigenvalue weighted by Crippen LogP contribution is -2.17.